The van der Waals surface area contributed by atoms with Gasteiger partial charge in [-0.2, -0.15) is 8.78 Å². The lowest BCUT2D eigenvalue weighted by molar-refractivity contribution is -0.0504. The van der Waals surface area contributed by atoms with E-state index in [4.69, 9.17) is 11.6 Å². The molecular formula is C20H24ClF2IN4O2. The molecule has 2 aromatic carbocycles. The Morgan fingerprint density at radius 2 is 1.97 bits per heavy atom. The SMILES string of the molecule is CCNC(=NCc1cccc(C(=O)NC)c1)NCc1cc(Cl)ccc1OC(F)F.I. The second-order valence-electron chi connectivity index (χ2n) is 5.96. The summed E-state index contributed by atoms with van der Waals surface area (Å²) in [6, 6.07) is 11.6. The second-order valence-corrected chi connectivity index (χ2v) is 6.40. The van der Waals surface area contributed by atoms with Gasteiger partial charge in [0, 0.05) is 36.3 Å². The highest BCUT2D eigenvalue weighted by Crippen LogP contribution is 2.24. The van der Waals surface area contributed by atoms with E-state index < -0.39 is 6.61 Å². The van der Waals surface area contributed by atoms with Gasteiger partial charge in [0.2, 0.25) is 0 Å². The van der Waals surface area contributed by atoms with Gasteiger partial charge in [-0.25, -0.2) is 4.99 Å². The molecule has 2 aromatic rings. The van der Waals surface area contributed by atoms with E-state index in [-0.39, 0.29) is 42.2 Å². The zero-order valence-corrected chi connectivity index (χ0v) is 19.6. The number of alkyl halides is 2. The van der Waals surface area contributed by atoms with Gasteiger partial charge in [0.05, 0.1) is 6.54 Å². The summed E-state index contributed by atoms with van der Waals surface area (Å²) in [6.07, 6.45) is 0. The van der Waals surface area contributed by atoms with Crippen molar-refractivity contribution >= 4 is 47.4 Å². The average Bonchev–Trinajstić information content (AvgIpc) is 2.71. The van der Waals surface area contributed by atoms with Crippen LogP contribution in [0.3, 0.4) is 0 Å². The minimum atomic E-state index is -2.93. The number of rotatable bonds is 8. The first kappa shape index (κ1) is 25.9. The van der Waals surface area contributed by atoms with Gasteiger partial charge in [-0.1, -0.05) is 23.7 Å². The molecule has 0 fully saturated rings. The predicted molar refractivity (Wildman–Crippen MR) is 125 cm³/mol. The van der Waals surface area contributed by atoms with Crippen molar-refractivity contribution in [2.75, 3.05) is 13.6 Å². The molecule has 3 N–H and O–H groups in total. The van der Waals surface area contributed by atoms with Gasteiger partial charge in [-0.15, -0.1) is 24.0 Å². The number of benzene rings is 2. The van der Waals surface area contributed by atoms with Gasteiger partial charge in [-0.3, -0.25) is 4.79 Å². The van der Waals surface area contributed by atoms with Crippen molar-refractivity contribution < 1.29 is 18.3 Å². The molecule has 1 amide bonds. The topological polar surface area (TPSA) is 74.8 Å². The fourth-order valence-electron chi connectivity index (χ4n) is 2.54. The summed E-state index contributed by atoms with van der Waals surface area (Å²) in [5.74, 6) is 0.361. The molecule has 0 aromatic heterocycles. The predicted octanol–water partition coefficient (Wildman–Crippen LogP) is 4.17. The standard InChI is InChI=1S/C20H23ClF2N4O2.HI/c1-3-25-20(26-11-13-5-4-6-14(9-13)18(28)24-2)27-12-15-10-16(21)7-8-17(15)29-19(22)23;/h4-10,19H,3,11-12H2,1-2H3,(H,24,28)(H2,25,26,27);1H. The highest BCUT2D eigenvalue weighted by atomic mass is 127. The lowest BCUT2D eigenvalue weighted by Crippen LogP contribution is -2.36. The Labute approximate surface area is 196 Å². The van der Waals surface area contributed by atoms with Crippen LogP contribution in [0.15, 0.2) is 47.5 Å². The Bertz CT molecular complexity index is 868. The summed E-state index contributed by atoms with van der Waals surface area (Å²) in [6.45, 7) is 0.112. The second kappa shape index (κ2) is 13.2. The fraction of sp³-hybridized carbons (Fsp3) is 0.300. The number of nitrogens with zero attached hydrogens (tertiary/aromatic N) is 1. The van der Waals surface area contributed by atoms with Crippen LogP contribution in [0.4, 0.5) is 8.78 Å². The summed E-state index contributed by atoms with van der Waals surface area (Å²) >= 11 is 5.97. The Balaban J connectivity index is 0.00000450. The maximum atomic E-state index is 12.6. The molecule has 0 atom stereocenters. The van der Waals surface area contributed by atoms with Crippen LogP contribution in [0.1, 0.15) is 28.4 Å². The number of nitrogens with one attached hydrogen (secondary N) is 3. The van der Waals surface area contributed by atoms with Crippen molar-refractivity contribution in [3.05, 3.63) is 64.2 Å². The molecule has 0 bridgehead atoms. The first-order chi connectivity index (χ1) is 13.9. The smallest absolute Gasteiger partial charge is 0.387 e. The van der Waals surface area contributed by atoms with Crippen LogP contribution in [0.25, 0.3) is 0 Å². The average molecular weight is 553 g/mol. The molecule has 0 aliphatic rings. The van der Waals surface area contributed by atoms with Crippen LogP contribution in [0, 0.1) is 0 Å². The third-order valence-electron chi connectivity index (χ3n) is 3.87. The molecule has 164 valence electrons. The van der Waals surface area contributed by atoms with Gasteiger partial charge < -0.3 is 20.7 Å². The van der Waals surface area contributed by atoms with Crippen molar-refractivity contribution in [3.63, 3.8) is 0 Å². The van der Waals surface area contributed by atoms with E-state index in [9.17, 15) is 13.6 Å². The van der Waals surface area contributed by atoms with Gasteiger partial charge in [0.25, 0.3) is 5.91 Å². The molecule has 2 rings (SSSR count). The quantitative estimate of drug-likeness (QED) is 0.261. The van der Waals surface area contributed by atoms with Crippen LogP contribution in [-0.2, 0) is 13.1 Å². The normalized spacial score (nSPS) is 10.9. The molecule has 0 spiro atoms. The molecule has 0 aliphatic heterocycles. The number of hydrogen-bond acceptors (Lipinski definition) is 3. The minimum absolute atomic E-state index is 0. The van der Waals surface area contributed by atoms with E-state index in [0.717, 1.165) is 5.56 Å². The lowest BCUT2D eigenvalue weighted by atomic mass is 10.1. The van der Waals surface area contributed by atoms with Crippen LogP contribution in [-0.4, -0.2) is 32.1 Å². The van der Waals surface area contributed by atoms with E-state index in [1.807, 2.05) is 13.0 Å². The molecule has 10 heteroatoms. The number of hydrogen-bond donors (Lipinski definition) is 3. The highest BCUT2D eigenvalue weighted by molar-refractivity contribution is 14.0. The molecular weight excluding hydrogens is 529 g/mol. The van der Waals surface area contributed by atoms with Crippen LogP contribution in [0.2, 0.25) is 5.02 Å². The van der Waals surface area contributed by atoms with Crippen LogP contribution in [0.5, 0.6) is 5.75 Å². The Morgan fingerprint density at radius 3 is 2.63 bits per heavy atom. The van der Waals surface area contributed by atoms with Crippen molar-refractivity contribution in [1.82, 2.24) is 16.0 Å². The number of aliphatic imine (C=N–C) groups is 1. The summed E-state index contributed by atoms with van der Waals surface area (Å²) < 4.78 is 29.7. The van der Waals surface area contributed by atoms with E-state index in [2.05, 4.69) is 25.7 Å². The number of carbonyl (C=O) groups excluding carboxylic acids is 1. The van der Waals surface area contributed by atoms with Crippen molar-refractivity contribution in [2.24, 2.45) is 4.99 Å². The maximum Gasteiger partial charge on any atom is 0.387 e. The summed E-state index contributed by atoms with van der Waals surface area (Å²) in [5, 5.41) is 9.15. The zero-order valence-electron chi connectivity index (χ0n) is 16.5. The first-order valence-corrected chi connectivity index (χ1v) is 9.37. The maximum absolute atomic E-state index is 12.6. The molecule has 0 unspecified atom stereocenters. The van der Waals surface area contributed by atoms with E-state index in [1.54, 1.807) is 31.3 Å². The molecule has 0 radical (unpaired) electrons. The van der Waals surface area contributed by atoms with E-state index in [1.165, 1.54) is 12.1 Å². The number of halogens is 4. The third-order valence-corrected chi connectivity index (χ3v) is 4.10. The molecule has 0 aliphatic carbocycles. The minimum Gasteiger partial charge on any atom is -0.434 e. The highest BCUT2D eigenvalue weighted by Gasteiger charge is 2.11. The Kier molecular flexibility index (Phi) is 11.4. The summed E-state index contributed by atoms with van der Waals surface area (Å²) in [4.78, 5) is 16.2. The number of ether oxygens (including phenoxy) is 1. The van der Waals surface area contributed by atoms with Crippen LogP contribution >= 0.6 is 35.6 Å². The molecule has 6 nitrogen and oxygen atoms in total. The van der Waals surface area contributed by atoms with Gasteiger partial charge in [0.15, 0.2) is 5.96 Å². The van der Waals surface area contributed by atoms with Gasteiger partial charge >= 0.3 is 6.61 Å². The summed E-state index contributed by atoms with van der Waals surface area (Å²) in [7, 11) is 1.57. The van der Waals surface area contributed by atoms with Crippen molar-refractivity contribution in [3.8, 4) is 5.75 Å². The summed E-state index contributed by atoms with van der Waals surface area (Å²) in [5.41, 5.74) is 1.88. The Hall–Kier alpha value is -2.14. The van der Waals surface area contributed by atoms with Crippen molar-refractivity contribution in [1.29, 1.82) is 0 Å². The van der Waals surface area contributed by atoms with Crippen LogP contribution < -0.4 is 20.7 Å². The monoisotopic (exact) mass is 552 g/mol. The number of guanidine groups is 1. The molecule has 0 heterocycles. The molecule has 30 heavy (non-hydrogen) atoms. The largest absolute Gasteiger partial charge is 0.434 e. The third kappa shape index (κ3) is 8.31. The van der Waals surface area contributed by atoms with E-state index in [0.29, 0.717) is 35.2 Å². The number of carbonyl (C=O) groups is 1. The molecule has 0 saturated heterocycles. The van der Waals surface area contributed by atoms with Gasteiger partial charge in [0.1, 0.15) is 5.75 Å². The zero-order chi connectivity index (χ0) is 21.2. The Morgan fingerprint density at radius 1 is 1.20 bits per heavy atom. The number of amides is 1. The fourth-order valence-corrected chi connectivity index (χ4v) is 2.74. The van der Waals surface area contributed by atoms with Crippen molar-refractivity contribution in [2.45, 2.75) is 26.6 Å². The van der Waals surface area contributed by atoms with E-state index >= 15 is 0 Å². The molecule has 0 saturated carbocycles. The lowest BCUT2D eigenvalue weighted by Gasteiger charge is -2.15. The first-order valence-electron chi connectivity index (χ1n) is 8.99. The van der Waals surface area contributed by atoms with Gasteiger partial charge in [-0.05, 0) is 42.8 Å².